The zero-order valence-electron chi connectivity index (χ0n) is 11.6. The zero-order valence-corrected chi connectivity index (χ0v) is 11.6. The molecule has 0 radical (unpaired) electrons. The summed E-state index contributed by atoms with van der Waals surface area (Å²) in [6.07, 6.45) is 5.67. The summed E-state index contributed by atoms with van der Waals surface area (Å²) < 4.78 is 5.75. The second kappa shape index (κ2) is 6.14. The molecule has 0 bridgehead atoms. The number of aryl methyl sites for hydroxylation is 1. The molecule has 0 aromatic carbocycles. The lowest BCUT2D eigenvalue weighted by Gasteiger charge is -2.22. The summed E-state index contributed by atoms with van der Waals surface area (Å²) in [6, 6.07) is 0. The molecule has 18 heavy (non-hydrogen) atoms. The Morgan fingerprint density at radius 3 is 2.78 bits per heavy atom. The summed E-state index contributed by atoms with van der Waals surface area (Å²) >= 11 is 0. The highest BCUT2D eigenvalue weighted by atomic mass is 16.5. The molecule has 1 aliphatic rings. The second-order valence-corrected chi connectivity index (χ2v) is 4.85. The van der Waals surface area contributed by atoms with E-state index in [1.54, 1.807) is 0 Å². The van der Waals surface area contributed by atoms with E-state index >= 15 is 0 Å². The van der Waals surface area contributed by atoms with Crippen LogP contribution in [0.25, 0.3) is 0 Å². The highest BCUT2D eigenvalue weighted by Crippen LogP contribution is 2.20. The number of nitrogens with one attached hydrogen (secondary N) is 1. The number of rotatable bonds is 4. The van der Waals surface area contributed by atoms with Crippen LogP contribution in [0.1, 0.15) is 43.3 Å². The van der Waals surface area contributed by atoms with Gasteiger partial charge >= 0.3 is 0 Å². The number of hydrogen-bond donors (Lipinski definition) is 1. The molecule has 1 unspecified atom stereocenters. The molecule has 2 rings (SSSR count). The summed E-state index contributed by atoms with van der Waals surface area (Å²) in [5, 5.41) is 3.17. The molecule has 0 saturated carbocycles. The SMILES string of the molecule is CCc1c(C)nc(CC2CCCCO2)nc1NC. The quantitative estimate of drug-likeness (QED) is 0.890. The third-order valence-corrected chi connectivity index (χ3v) is 3.53. The molecule has 2 heterocycles. The van der Waals surface area contributed by atoms with Crippen LogP contribution < -0.4 is 5.32 Å². The monoisotopic (exact) mass is 249 g/mol. The molecule has 100 valence electrons. The topological polar surface area (TPSA) is 47.0 Å². The van der Waals surface area contributed by atoms with E-state index in [0.717, 1.165) is 43.2 Å². The summed E-state index contributed by atoms with van der Waals surface area (Å²) in [5.74, 6) is 1.87. The van der Waals surface area contributed by atoms with Gasteiger partial charge in [0.1, 0.15) is 11.6 Å². The van der Waals surface area contributed by atoms with Crippen molar-refractivity contribution in [2.45, 2.75) is 52.1 Å². The predicted molar refractivity (Wildman–Crippen MR) is 73.0 cm³/mol. The fourth-order valence-electron chi connectivity index (χ4n) is 2.55. The van der Waals surface area contributed by atoms with E-state index in [0.29, 0.717) is 6.10 Å². The van der Waals surface area contributed by atoms with Crippen LogP contribution in [0, 0.1) is 6.92 Å². The normalized spacial score (nSPS) is 19.8. The minimum atomic E-state index is 0.301. The maximum absolute atomic E-state index is 5.75. The largest absolute Gasteiger partial charge is 0.378 e. The third-order valence-electron chi connectivity index (χ3n) is 3.53. The smallest absolute Gasteiger partial charge is 0.133 e. The van der Waals surface area contributed by atoms with Crippen molar-refractivity contribution in [3.8, 4) is 0 Å². The molecule has 4 nitrogen and oxygen atoms in total. The van der Waals surface area contributed by atoms with Crippen molar-refractivity contribution in [2.75, 3.05) is 19.0 Å². The van der Waals surface area contributed by atoms with Gasteiger partial charge in [-0.2, -0.15) is 0 Å². The van der Waals surface area contributed by atoms with Gasteiger partial charge in [0.25, 0.3) is 0 Å². The highest BCUT2D eigenvalue weighted by molar-refractivity contribution is 5.45. The van der Waals surface area contributed by atoms with Crippen LogP contribution in [0.15, 0.2) is 0 Å². The van der Waals surface area contributed by atoms with E-state index in [4.69, 9.17) is 4.74 Å². The molecule has 1 aromatic heterocycles. The van der Waals surface area contributed by atoms with Crippen LogP contribution in [-0.4, -0.2) is 29.7 Å². The Kier molecular flexibility index (Phi) is 4.53. The maximum Gasteiger partial charge on any atom is 0.133 e. The van der Waals surface area contributed by atoms with Crippen molar-refractivity contribution in [3.05, 3.63) is 17.1 Å². The molecule has 0 aliphatic carbocycles. The van der Waals surface area contributed by atoms with E-state index in [1.165, 1.54) is 18.4 Å². The number of aromatic nitrogens is 2. The lowest BCUT2D eigenvalue weighted by atomic mass is 10.1. The molecule has 0 spiro atoms. The van der Waals surface area contributed by atoms with Gasteiger partial charge in [0, 0.05) is 31.3 Å². The molecule has 4 heteroatoms. The predicted octanol–water partition coefficient (Wildman–Crippen LogP) is 2.50. The Labute approximate surface area is 109 Å². The standard InChI is InChI=1S/C14H23N3O/c1-4-12-10(2)16-13(17-14(12)15-3)9-11-7-5-6-8-18-11/h11H,4-9H2,1-3H3,(H,15,16,17). The number of ether oxygens (including phenoxy) is 1. The minimum Gasteiger partial charge on any atom is -0.378 e. The molecular weight excluding hydrogens is 226 g/mol. The maximum atomic E-state index is 5.75. The van der Waals surface area contributed by atoms with E-state index in [9.17, 15) is 0 Å². The minimum absolute atomic E-state index is 0.301. The van der Waals surface area contributed by atoms with Crippen molar-refractivity contribution < 1.29 is 4.74 Å². The van der Waals surface area contributed by atoms with Crippen molar-refractivity contribution in [3.63, 3.8) is 0 Å². The molecule has 1 atom stereocenters. The van der Waals surface area contributed by atoms with E-state index in [-0.39, 0.29) is 0 Å². The van der Waals surface area contributed by atoms with Crippen LogP contribution in [0.2, 0.25) is 0 Å². The van der Waals surface area contributed by atoms with Crippen molar-refractivity contribution in [1.29, 1.82) is 0 Å². The summed E-state index contributed by atoms with van der Waals surface area (Å²) in [5.41, 5.74) is 2.30. The van der Waals surface area contributed by atoms with Gasteiger partial charge in [-0.25, -0.2) is 9.97 Å². The first-order valence-corrected chi connectivity index (χ1v) is 6.90. The van der Waals surface area contributed by atoms with Gasteiger partial charge in [-0.15, -0.1) is 0 Å². The average molecular weight is 249 g/mol. The van der Waals surface area contributed by atoms with Crippen molar-refractivity contribution >= 4 is 5.82 Å². The Balaban J connectivity index is 2.15. The summed E-state index contributed by atoms with van der Waals surface area (Å²) in [6.45, 7) is 5.08. The second-order valence-electron chi connectivity index (χ2n) is 4.85. The Morgan fingerprint density at radius 1 is 1.33 bits per heavy atom. The van der Waals surface area contributed by atoms with Gasteiger partial charge in [-0.05, 0) is 32.6 Å². The molecule has 1 saturated heterocycles. The number of anilines is 1. The average Bonchev–Trinajstić information content (AvgIpc) is 2.39. The van der Waals surface area contributed by atoms with Gasteiger partial charge in [0.2, 0.25) is 0 Å². The van der Waals surface area contributed by atoms with Crippen LogP contribution in [-0.2, 0) is 17.6 Å². The van der Waals surface area contributed by atoms with Crippen LogP contribution in [0.3, 0.4) is 0 Å². The fraction of sp³-hybridized carbons (Fsp3) is 0.714. The Hall–Kier alpha value is -1.16. The Bertz CT molecular complexity index is 400. The molecular formula is C14H23N3O. The summed E-state index contributed by atoms with van der Waals surface area (Å²) in [4.78, 5) is 9.23. The Morgan fingerprint density at radius 2 is 2.17 bits per heavy atom. The van der Waals surface area contributed by atoms with Gasteiger partial charge in [0.05, 0.1) is 6.10 Å². The zero-order chi connectivity index (χ0) is 13.0. The highest BCUT2D eigenvalue weighted by Gasteiger charge is 2.17. The van der Waals surface area contributed by atoms with Crippen LogP contribution >= 0.6 is 0 Å². The van der Waals surface area contributed by atoms with Crippen molar-refractivity contribution in [1.82, 2.24) is 9.97 Å². The number of nitrogens with zero attached hydrogens (tertiary/aromatic N) is 2. The van der Waals surface area contributed by atoms with E-state index in [1.807, 2.05) is 7.05 Å². The van der Waals surface area contributed by atoms with Crippen molar-refractivity contribution in [2.24, 2.45) is 0 Å². The molecule has 1 fully saturated rings. The van der Waals surface area contributed by atoms with E-state index < -0.39 is 0 Å². The molecule has 1 aliphatic heterocycles. The molecule has 0 amide bonds. The molecule has 1 aromatic rings. The first-order chi connectivity index (χ1) is 8.74. The van der Waals surface area contributed by atoms with Crippen LogP contribution in [0.4, 0.5) is 5.82 Å². The number of hydrogen-bond acceptors (Lipinski definition) is 4. The van der Waals surface area contributed by atoms with Crippen LogP contribution in [0.5, 0.6) is 0 Å². The van der Waals surface area contributed by atoms with Gasteiger partial charge < -0.3 is 10.1 Å². The lowest BCUT2D eigenvalue weighted by Crippen LogP contribution is -2.23. The van der Waals surface area contributed by atoms with Gasteiger partial charge in [0.15, 0.2) is 0 Å². The fourth-order valence-corrected chi connectivity index (χ4v) is 2.55. The van der Waals surface area contributed by atoms with Gasteiger partial charge in [-0.3, -0.25) is 0 Å². The third kappa shape index (κ3) is 2.99. The summed E-state index contributed by atoms with van der Waals surface area (Å²) in [7, 11) is 1.92. The van der Waals surface area contributed by atoms with E-state index in [2.05, 4.69) is 29.1 Å². The van der Waals surface area contributed by atoms with Gasteiger partial charge in [-0.1, -0.05) is 6.92 Å². The lowest BCUT2D eigenvalue weighted by molar-refractivity contribution is 0.0156. The molecule has 1 N–H and O–H groups in total. The first-order valence-electron chi connectivity index (χ1n) is 6.90. The first kappa shape index (κ1) is 13.3.